The predicted octanol–water partition coefficient (Wildman–Crippen LogP) is 2.90. The lowest BCUT2D eigenvalue weighted by Gasteiger charge is -2.27. The zero-order valence-electron chi connectivity index (χ0n) is 14.5. The maximum absolute atomic E-state index is 13.1. The summed E-state index contributed by atoms with van der Waals surface area (Å²) in [6.07, 6.45) is 0. The van der Waals surface area contributed by atoms with E-state index in [9.17, 15) is 8.42 Å². The molecule has 1 aromatic carbocycles. The van der Waals surface area contributed by atoms with Crippen molar-refractivity contribution in [3.8, 4) is 22.5 Å². The van der Waals surface area contributed by atoms with Crippen LogP contribution in [0.3, 0.4) is 0 Å². The largest absolute Gasteiger partial charge is 0.282 e. The summed E-state index contributed by atoms with van der Waals surface area (Å²) in [4.78, 5) is 4.31. The standard InChI is InChI=1S/C18H18N4O2S/c1-11-10-12(2)19-18-14(11)15-17(22(4)25(18,23)24)16(21(3)20-15)13-8-6-5-7-9-13/h5-10H,1-4H3. The van der Waals surface area contributed by atoms with Crippen molar-refractivity contribution in [1.29, 1.82) is 0 Å². The van der Waals surface area contributed by atoms with Crippen LogP contribution in [0.1, 0.15) is 11.3 Å². The molecule has 128 valence electrons. The average molecular weight is 354 g/mol. The van der Waals surface area contributed by atoms with Crippen LogP contribution >= 0.6 is 0 Å². The summed E-state index contributed by atoms with van der Waals surface area (Å²) in [5.41, 5.74) is 5.06. The first-order valence-electron chi connectivity index (χ1n) is 7.92. The molecule has 0 unspecified atom stereocenters. The molecule has 2 aromatic heterocycles. The Morgan fingerprint density at radius 2 is 1.72 bits per heavy atom. The molecule has 3 aromatic rings. The molecular weight excluding hydrogens is 336 g/mol. The molecule has 4 rings (SSSR count). The number of fused-ring (bicyclic) bond motifs is 3. The summed E-state index contributed by atoms with van der Waals surface area (Å²) in [7, 11) is -0.336. The van der Waals surface area contributed by atoms with Crippen molar-refractivity contribution in [2.45, 2.75) is 18.9 Å². The average Bonchev–Trinajstić information content (AvgIpc) is 2.90. The fourth-order valence-electron chi connectivity index (χ4n) is 3.43. The highest BCUT2D eigenvalue weighted by Crippen LogP contribution is 2.47. The number of anilines is 1. The predicted molar refractivity (Wildman–Crippen MR) is 96.9 cm³/mol. The second kappa shape index (κ2) is 5.16. The molecule has 7 heteroatoms. The highest BCUT2D eigenvalue weighted by Gasteiger charge is 2.39. The van der Waals surface area contributed by atoms with E-state index in [1.165, 1.54) is 4.31 Å². The van der Waals surface area contributed by atoms with Gasteiger partial charge in [-0.3, -0.25) is 8.99 Å². The Hall–Kier alpha value is -2.67. The van der Waals surface area contributed by atoms with E-state index in [1.807, 2.05) is 50.4 Å². The van der Waals surface area contributed by atoms with Crippen LogP contribution in [-0.2, 0) is 17.1 Å². The number of pyridine rings is 1. The Morgan fingerprint density at radius 1 is 1.04 bits per heavy atom. The molecule has 0 aliphatic carbocycles. The summed E-state index contributed by atoms with van der Waals surface area (Å²) in [6.45, 7) is 3.70. The highest BCUT2D eigenvalue weighted by molar-refractivity contribution is 7.93. The van der Waals surface area contributed by atoms with Crippen LogP contribution in [-0.4, -0.2) is 30.2 Å². The van der Waals surface area contributed by atoms with Gasteiger partial charge in [0.25, 0.3) is 10.0 Å². The summed E-state index contributed by atoms with van der Waals surface area (Å²) in [6, 6.07) is 11.6. The van der Waals surface area contributed by atoms with Crippen molar-refractivity contribution in [3.63, 3.8) is 0 Å². The van der Waals surface area contributed by atoms with Crippen LogP contribution in [0, 0.1) is 13.8 Å². The maximum Gasteiger partial charge on any atom is 0.282 e. The number of hydrogen-bond donors (Lipinski definition) is 0. The Balaban J connectivity index is 2.14. The van der Waals surface area contributed by atoms with Crippen molar-refractivity contribution in [2.75, 3.05) is 11.4 Å². The van der Waals surface area contributed by atoms with Gasteiger partial charge in [-0.1, -0.05) is 30.3 Å². The van der Waals surface area contributed by atoms with E-state index in [-0.39, 0.29) is 5.03 Å². The molecule has 1 aliphatic heterocycles. The van der Waals surface area contributed by atoms with E-state index in [4.69, 9.17) is 0 Å². The van der Waals surface area contributed by atoms with Crippen LogP contribution in [0.25, 0.3) is 22.5 Å². The fraction of sp³-hybridized carbons (Fsp3) is 0.222. The van der Waals surface area contributed by atoms with E-state index in [2.05, 4.69) is 10.1 Å². The van der Waals surface area contributed by atoms with Gasteiger partial charge in [0.05, 0.1) is 5.69 Å². The van der Waals surface area contributed by atoms with E-state index >= 15 is 0 Å². The number of hydrogen-bond acceptors (Lipinski definition) is 4. The number of nitrogens with zero attached hydrogens (tertiary/aromatic N) is 4. The normalized spacial score (nSPS) is 15.0. The lowest BCUT2D eigenvalue weighted by atomic mass is 10.0. The molecule has 0 spiro atoms. The van der Waals surface area contributed by atoms with Crippen LogP contribution in [0.15, 0.2) is 41.4 Å². The van der Waals surface area contributed by atoms with Gasteiger partial charge in [-0.05, 0) is 25.5 Å². The van der Waals surface area contributed by atoms with Crippen LogP contribution < -0.4 is 4.31 Å². The third-order valence-electron chi connectivity index (χ3n) is 4.54. The van der Waals surface area contributed by atoms with Crippen LogP contribution in [0.5, 0.6) is 0 Å². The van der Waals surface area contributed by atoms with Gasteiger partial charge in [0.15, 0.2) is 5.03 Å². The zero-order chi connectivity index (χ0) is 17.9. The van der Waals surface area contributed by atoms with Gasteiger partial charge < -0.3 is 0 Å². The summed E-state index contributed by atoms with van der Waals surface area (Å²) in [5, 5.41) is 4.73. The highest BCUT2D eigenvalue weighted by atomic mass is 32.2. The minimum Gasteiger partial charge on any atom is -0.265 e. The first kappa shape index (κ1) is 15.8. The van der Waals surface area contributed by atoms with E-state index in [0.717, 1.165) is 16.8 Å². The maximum atomic E-state index is 13.1. The molecule has 3 heterocycles. The Labute approximate surface area is 146 Å². The zero-order valence-corrected chi connectivity index (χ0v) is 15.3. The molecular formula is C18H18N4O2S. The van der Waals surface area contributed by atoms with Crippen molar-refractivity contribution in [3.05, 3.63) is 47.7 Å². The molecule has 25 heavy (non-hydrogen) atoms. The SMILES string of the molecule is Cc1cc(C)c2c(n1)S(=O)(=O)N(C)c1c-2nn(C)c1-c1ccccc1. The molecule has 1 aliphatic rings. The summed E-state index contributed by atoms with van der Waals surface area (Å²) in [5.74, 6) is 0. The van der Waals surface area contributed by atoms with E-state index in [1.54, 1.807) is 18.7 Å². The number of aryl methyl sites for hydroxylation is 3. The van der Waals surface area contributed by atoms with E-state index in [0.29, 0.717) is 22.6 Å². The lowest BCUT2D eigenvalue weighted by molar-refractivity contribution is 0.589. The van der Waals surface area contributed by atoms with Gasteiger partial charge >= 0.3 is 0 Å². The minimum absolute atomic E-state index is 0.0812. The fourth-order valence-corrected chi connectivity index (χ4v) is 4.87. The Kier molecular flexibility index (Phi) is 3.27. The first-order chi connectivity index (χ1) is 11.8. The molecule has 0 fully saturated rings. The van der Waals surface area contributed by atoms with Gasteiger partial charge in [0.2, 0.25) is 0 Å². The van der Waals surface area contributed by atoms with Gasteiger partial charge in [-0.15, -0.1) is 0 Å². The second-order valence-electron chi connectivity index (χ2n) is 6.27. The van der Waals surface area contributed by atoms with E-state index < -0.39 is 10.0 Å². The van der Waals surface area contributed by atoms with Gasteiger partial charge in [-0.2, -0.15) is 13.5 Å². The molecule has 6 nitrogen and oxygen atoms in total. The first-order valence-corrected chi connectivity index (χ1v) is 9.36. The number of sulfonamides is 1. The molecule has 0 bridgehead atoms. The van der Waals surface area contributed by atoms with Crippen molar-refractivity contribution in [2.24, 2.45) is 7.05 Å². The Morgan fingerprint density at radius 3 is 2.40 bits per heavy atom. The Bertz CT molecular complexity index is 1100. The van der Waals surface area contributed by atoms with Crippen molar-refractivity contribution in [1.82, 2.24) is 14.8 Å². The van der Waals surface area contributed by atoms with Gasteiger partial charge in [0, 0.05) is 30.9 Å². The smallest absolute Gasteiger partial charge is 0.265 e. The lowest BCUT2D eigenvalue weighted by Crippen LogP contribution is -2.32. The van der Waals surface area contributed by atoms with Crippen LogP contribution in [0.4, 0.5) is 5.69 Å². The van der Waals surface area contributed by atoms with Gasteiger partial charge in [0.1, 0.15) is 11.4 Å². The van der Waals surface area contributed by atoms with Crippen molar-refractivity contribution < 1.29 is 8.42 Å². The topological polar surface area (TPSA) is 68.1 Å². The third-order valence-corrected chi connectivity index (χ3v) is 6.23. The van der Waals surface area contributed by atoms with Crippen LogP contribution in [0.2, 0.25) is 0 Å². The molecule has 0 N–H and O–H groups in total. The molecule has 0 amide bonds. The molecule has 0 atom stereocenters. The molecule has 0 saturated carbocycles. The third kappa shape index (κ3) is 2.12. The second-order valence-corrected chi connectivity index (χ2v) is 8.15. The molecule has 0 saturated heterocycles. The van der Waals surface area contributed by atoms with Gasteiger partial charge in [-0.25, -0.2) is 4.98 Å². The quantitative estimate of drug-likeness (QED) is 0.674. The van der Waals surface area contributed by atoms with Crippen molar-refractivity contribution >= 4 is 15.7 Å². The number of benzene rings is 1. The number of aromatic nitrogens is 3. The summed E-state index contributed by atoms with van der Waals surface area (Å²) >= 11 is 0. The summed E-state index contributed by atoms with van der Waals surface area (Å²) < 4.78 is 29.2. The number of rotatable bonds is 1. The molecule has 0 radical (unpaired) electrons. The minimum atomic E-state index is -3.73. The monoisotopic (exact) mass is 354 g/mol.